The lowest BCUT2D eigenvalue weighted by Crippen LogP contribution is -2.27. The summed E-state index contributed by atoms with van der Waals surface area (Å²) in [5.74, 6) is 0.713. The van der Waals surface area contributed by atoms with Gasteiger partial charge in [-0.05, 0) is 50.7 Å². The molecule has 21 heavy (non-hydrogen) atoms. The van der Waals surface area contributed by atoms with E-state index in [0.717, 1.165) is 18.5 Å². The van der Waals surface area contributed by atoms with Crippen LogP contribution in [0.5, 0.6) is 5.75 Å². The largest absolute Gasteiger partial charge is 0.495 e. The summed E-state index contributed by atoms with van der Waals surface area (Å²) in [5, 5.41) is 0. The second-order valence-corrected chi connectivity index (χ2v) is 7.35. The summed E-state index contributed by atoms with van der Waals surface area (Å²) >= 11 is 0. The highest BCUT2D eigenvalue weighted by Gasteiger charge is 2.19. The summed E-state index contributed by atoms with van der Waals surface area (Å²) in [5.41, 5.74) is 1.05. The Balaban J connectivity index is 2.87. The minimum Gasteiger partial charge on any atom is -0.495 e. The number of ether oxygens (including phenoxy) is 1. The minimum atomic E-state index is -3.54. The van der Waals surface area contributed by atoms with E-state index in [1.807, 2.05) is 25.1 Å². The topological polar surface area (TPSA) is 58.6 Å². The van der Waals surface area contributed by atoms with Crippen LogP contribution in [0.3, 0.4) is 0 Å². The number of hydrogen-bond acceptors (Lipinski definition) is 4. The van der Waals surface area contributed by atoms with Crippen molar-refractivity contribution in [1.29, 1.82) is 0 Å². The molecule has 1 rings (SSSR count). The molecule has 0 saturated heterocycles. The molecule has 0 unspecified atom stereocenters. The lowest BCUT2D eigenvalue weighted by Gasteiger charge is -2.14. The number of benzene rings is 1. The fraction of sp³-hybridized carbons (Fsp3) is 0.600. The molecular weight excluding hydrogens is 288 g/mol. The number of rotatable bonds is 8. The summed E-state index contributed by atoms with van der Waals surface area (Å²) in [4.78, 5) is 2.21. The number of hydrogen-bond donors (Lipinski definition) is 1. The Morgan fingerprint density at radius 3 is 2.48 bits per heavy atom. The van der Waals surface area contributed by atoms with E-state index < -0.39 is 10.0 Å². The maximum atomic E-state index is 12.3. The Bertz CT molecular complexity index is 554. The van der Waals surface area contributed by atoms with Crippen molar-refractivity contribution in [2.24, 2.45) is 0 Å². The standard InChI is InChI=1S/C15H26N2O3S/c1-12(2)13-7-8-15(14(11-13)20-5)21(18,19)16-9-6-10-17(3)4/h7-8,11-12,16H,6,9-10H2,1-5H3. The predicted molar refractivity (Wildman–Crippen MR) is 85.4 cm³/mol. The number of nitrogens with zero attached hydrogens (tertiary/aromatic N) is 1. The zero-order valence-corrected chi connectivity index (χ0v) is 14.3. The minimum absolute atomic E-state index is 0.194. The molecule has 0 aliphatic rings. The van der Waals surface area contributed by atoms with Gasteiger partial charge >= 0.3 is 0 Å². The predicted octanol–water partition coefficient (Wildman–Crippen LogP) is 2.05. The molecule has 0 atom stereocenters. The molecule has 0 aliphatic heterocycles. The molecular formula is C15H26N2O3S. The lowest BCUT2D eigenvalue weighted by molar-refractivity contribution is 0.397. The Morgan fingerprint density at radius 1 is 1.29 bits per heavy atom. The summed E-state index contributed by atoms with van der Waals surface area (Å²) < 4.78 is 32.5. The van der Waals surface area contributed by atoms with Crippen molar-refractivity contribution in [3.63, 3.8) is 0 Å². The van der Waals surface area contributed by atoms with Crippen molar-refractivity contribution < 1.29 is 13.2 Å². The first-order chi connectivity index (χ1) is 9.77. The molecule has 1 aromatic rings. The molecule has 0 saturated carbocycles. The van der Waals surface area contributed by atoms with Gasteiger partial charge in [0.25, 0.3) is 0 Å². The van der Waals surface area contributed by atoms with Crippen molar-refractivity contribution >= 4 is 10.0 Å². The van der Waals surface area contributed by atoms with E-state index in [9.17, 15) is 8.42 Å². The zero-order valence-electron chi connectivity index (χ0n) is 13.5. The normalized spacial score (nSPS) is 12.1. The summed E-state index contributed by atoms with van der Waals surface area (Å²) in [7, 11) is 1.87. The Hall–Kier alpha value is -1.11. The van der Waals surface area contributed by atoms with E-state index in [0.29, 0.717) is 18.2 Å². The third-order valence-corrected chi connectivity index (χ3v) is 4.72. The van der Waals surface area contributed by atoms with Gasteiger partial charge in [0, 0.05) is 6.54 Å². The SMILES string of the molecule is COc1cc(C(C)C)ccc1S(=O)(=O)NCCCN(C)C. The monoisotopic (exact) mass is 314 g/mol. The number of methoxy groups -OCH3 is 1. The Labute approximate surface area is 128 Å². The van der Waals surface area contributed by atoms with Crippen LogP contribution in [0.25, 0.3) is 0 Å². The highest BCUT2D eigenvalue weighted by molar-refractivity contribution is 7.89. The summed E-state index contributed by atoms with van der Waals surface area (Å²) in [6, 6.07) is 5.24. The van der Waals surface area contributed by atoms with Crippen molar-refractivity contribution in [2.75, 3.05) is 34.3 Å². The smallest absolute Gasteiger partial charge is 0.244 e. The van der Waals surface area contributed by atoms with E-state index in [2.05, 4.69) is 18.6 Å². The van der Waals surface area contributed by atoms with Crippen LogP contribution in [0.15, 0.2) is 23.1 Å². The molecule has 0 aliphatic carbocycles. The van der Waals surface area contributed by atoms with Crippen LogP contribution in [-0.4, -0.2) is 47.6 Å². The van der Waals surface area contributed by atoms with Gasteiger partial charge in [0.15, 0.2) is 0 Å². The van der Waals surface area contributed by atoms with Crippen LogP contribution in [-0.2, 0) is 10.0 Å². The molecule has 5 nitrogen and oxygen atoms in total. The van der Waals surface area contributed by atoms with E-state index in [1.165, 1.54) is 7.11 Å². The van der Waals surface area contributed by atoms with Crippen LogP contribution in [0, 0.1) is 0 Å². The highest BCUT2D eigenvalue weighted by atomic mass is 32.2. The molecule has 0 amide bonds. The number of nitrogens with one attached hydrogen (secondary N) is 1. The maximum absolute atomic E-state index is 12.3. The molecule has 0 fully saturated rings. The fourth-order valence-electron chi connectivity index (χ4n) is 1.94. The molecule has 0 spiro atoms. The van der Waals surface area contributed by atoms with Gasteiger partial charge in [0.1, 0.15) is 10.6 Å². The van der Waals surface area contributed by atoms with E-state index in [4.69, 9.17) is 4.74 Å². The second-order valence-electron chi connectivity index (χ2n) is 5.62. The van der Waals surface area contributed by atoms with Gasteiger partial charge in [-0.2, -0.15) is 0 Å². The summed E-state index contributed by atoms with van der Waals surface area (Å²) in [6.07, 6.45) is 0.763. The molecule has 120 valence electrons. The molecule has 0 bridgehead atoms. The first-order valence-electron chi connectivity index (χ1n) is 7.10. The van der Waals surface area contributed by atoms with Crippen LogP contribution in [0.4, 0.5) is 0 Å². The molecule has 1 aromatic carbocycles. The van der Waals surface area contributed by atoms with Gasteiger partial charge in [0.05, 0.1) is 7.11 Å². The quantitative estimate of drug-likeness (QED) is 0.746. The van der Waals surface area contributed by atoms with Crippen LogP contribution in [0.1, 0.15) is 31.7 Å². The lowest BCUT2D eigenvalue weighted by atomic mass is 10.0. The third kappa shape index (κ3) is 5.30. The fourth-order valence-corrected chi connectivity index (χ4v) is 3.17. The average Bonchev–Trinajstić information content (AvgIpc) is 2.42. The van der Waals surface area contributed by atoms with Gasteiger partial charge in [-0.25, -0.2) is 13.1 Å². The molecule has 1 N–H and O–H groups in total. The van der Waals surface area contributed by atoms with Crippen LogP contribution < -0.4 is 9.46 Å². The van der Waals surface area contributed by atoms with Gasteiger partial charge in [-0.15, -0.1) is 0 Å². The summed E-state index contributed by atoms with van der Waals surface area (Å²) in [6.45, 7) is 5.37. The highest BCUT2D eigenvalue weighted by Crippen LogP contribution is 2.27. The zero-order chi connectivity index (χ0) is 16.0. The molecule has 0 heterocycles. The van der Waals surface area contributed by atoms with Crippen molar-refractivity contribution in [1.82, 2.24) is 9.62 Å². The van der Waals surface area contributed by atoms with Crippen LogP contribution in [0.2, 0.25) is 0 Å². The third-order valence-electron chi connectivity index (χ3n) is 3.22. The Morgan fingerprint density at radius 2 is 1.95 bits per heavy atom. The molecule has 6 heteroatoms. The first-order valence-corrected chi connectivity index (χ1v) is 8.58. The molecule has 0 aromatic heterocycles. The number of sulfonamides is 1. The second kappa shape index (κ2) is 7.77. The van der Waals surface area contributed by atoms with E-state index in [-0.39, 0.29) is 4.90 Å². The van der Waals surface area contributed by atoms with Crippen molar-refractivity contribution in [2.45, 2.75) is 31.1 Å². The van der Waals surface area contributed by atoms with Gasteiger partial charge < -0.3 is 9.64 Å². The Kier molecular flexibility index (Phi) is 6.64. The first kappa shape index (κ1) is 17.9. The van der Waals surface area contributed by atoms with Crippen molar-refractivity contribution in [3.8, 4) is 5.75 Å². The van der Waals surface area contributed by atoms with Crippen LogP contribution >= 0.6 is 0 Å². The van der Waals surface area contributed by atoms with Gasteiger partial charge in [-0.3, -0.25) is 0 Å². The van der Waals surface area contributed by atoms with Gasteiger partial charge in [-0.1, -0.05) is 19.9 Å². The van der Waals surface area contributed by atoms with Gasteiger partial charge in [0.2, 0.25) is 10.0 Å². The van der Waals surface area contributed by atoms with E-state index in [1.54, 1.807) is 12.1 Å². The van der Waals surface area contributed by atoms with E-state index >= 15 is 0 Å². The average molecular weight is 314 g/mol. The maximum Gasteiger partial charge on any atom is 0.244 e. The van der Waals surface area contributed by atoms with Crippen molar-refractivity contribution in [3.05, 3.63) is 23.8 Å². The molecule has 0 radical (unpaired) electrons.